The predicted octanol–water partition coefficient (Wildman–Crippen LogP) is 4.21. The van der Waals surface area contributed by atoms with Gasteiger partial charge in [0, 0.05) is 5.56 Å². The van der Waals surface area contributed by atoms with Gasteiger partial charge in [0.2, 0.25) is 0 Å². The van der Waals surface area contributed by atoms with Gasteiger partial charge < -0.3 is 5.32 Å². The number of hydrogen-bond donors (Lipinski definition) is 1. The average Bonchev–Trinajstić information content (AvgIpc) is 2.35. The van der Waals surface area contributed by atoms with Crippen LogP contribution in [0.3, 0.4) is 0 Å². The van der Waals surface area contributed by atoms with Crippen molar-refractivity contribution in [2.75, 3.05) is 5.32 Å². The molecule has 3 heteroatoms. The highest BCUT2D eigenvalue weighted by molar-refractivity contribution is 6.33. The Bertz CT molecular complexity index is 593. The number of carbonyl (C=O) groups is 1. The van der Waals surface area contributed by atoms with Gasteiger partial charge in [-0.15, -0.1) is 0 Å². The van der Waals surface area contributed by atoms with Crippen LogP contribution < -0.4 is 5.32 Å². The summed E-state index contributed by atoms with van der Waals surface area (Å²) in [5.41, 5.74) is 3.31. The van der Waals surface area contributed by atoms with Crippen molar-refractivity contribution >= 4 is 23.2 Å². The van der Waals surface area contributed by atoms with E-state index in [-0.39, 0.29) is 5.91 Å². The third-order valence-electron chi connectivity index (χ3n) is 2.76. The highest BCUT2D eigenvalue weighted by Gasteiger charge is 2.10. The number of carbonyl (C=O) groups excluding carboxylic acids is 1. The van der Waals surface area contributed by atoms with E-state index in [0.717, 1.165) is 11.1 Å². The lowest BCUT2D eigenvalue weighted by molar-refractivity contribution is 0.102. The Labute approximate surface area is 112 Å². The van der Waals surface area contributed by atoms with E-state index in [9.17, 15) is 4.79 Å². The molecule has 0 heterocycles. The molecule has 0 spiro atoms. The van der Waals surface area contributed by atoms with E-state index in [0.29, 0.717) is 16.3 Å². The zero-order chi connectivity index (χ0) is 13.1. The standard InChI is InChI=1S/C15H14ClNO/c1-10-7-8-11(2)12(9-10)15(18)17-14-6-4-3-5-13(14)16/h3-9H,1-2H3,(H,17,18). The van der Waals surface area contributed by atoms with Crippen molar-refractivity contribution in [1.29, 1.82) is 0 Å². The molecule has 2 nitrogen and oxygen atoms in total. The van der Waals surface area contributed by atoms with Crippen molar-refractivity contribution in [3.8, 4) is 0 Å². The summed E-state index contributed by atoms with van der Waals surface area (Å²) in [6.45, 7) is 3.88. The first-order chi connectivity index (χ1) is 8.58. The van der Waals surface area contributed by atoms with E-state index in [2.05, 4.69) is 5.32 Å². The summed E-state index contributed by atoms with van der Waals surface area (Å²) >= 11 is 6.01. The predicted molar refractivity (Wildman–Crippen MR) is 75.3 cm³/mol. The number of amides is 1. The maximum absolute atomic E-state index is 12.2. The number of hydrogen-bond acceptors (Lipinski definition) is 1. The minimum Gasteiger partial charge on any atom is -0.321 e. The Hall–Kier alpha value is -1.80. The minimum absolute atomic E-state index is 0.135. The molecule has 0 bridgehead atoms. The third-order valence-corrected chi connectivity index (χ3v) is 3.09. The van der Waals surface area contributed by atoms with Crippen molar-refractivity contribution < 1.29 is 4.79 Å². The van der Waals surface area contributed by atoms with Crippen LogP contribution in [0, 0.1) is 13.8 Å². The second kappa shape index (κ2) is 5.23. The Morgan fingerprint density at radius 2 is 1.83 bits per heavy atom. The van der Waals surface area contributed by atoms with Gasteiger partial charge in [0.05, 0.1) is 10.7 Å². The molecule has 0 aromatic heterocycles. The number of anilines is 1. The molecule has 92 valence electrons. The maximum Gasteiger partial charge on any atom is 0.255 e. The molecule has 0 radical (unpaired) electrons. The topological polar surface area (TPSA) is 29.1 Å². The van der Waals surface area contributed by atoms with Gasteiger partial charge in [-0.25, -0.2) is 0 Å². The van der Waals surface area contributed by atoms with Crippen LogP contribution in [0.25, 0.3) is 0 Å². The molecular weight excluding hydrogens is 246 g/mol. The van der Waals surface area contributed by atoms with E-state index in [1.165, 1.54) is 0 Å². The monoisotopic (exact) mass is 259 g/mol. The van der Waals surface area contributed by atoms with Gasteiger partial charge in [0.25, 0.3) is 5.91 Å². The maximum atomic E-state index is 12.2. The average molecular weight is 260 g/mol. The fourth-order valence-corrected chi connectivity index (χ4v) is 1.92. The van der Waals surface area contributed by atoms with Crippen molar-refractivity contribution in [3.63, 3.8) is 0 Å². The van der Waals surface area contributed by atoms with Crippen LogP contribution in [0.5, 0.6) is 0 Å². The second-order valence-corrected chi connectivity index (χ2v) is 4.66. The fraction of sp³-hybridized carbons (Fsp3) is 0.133. The van der Waals surface area contributed by atoms with Crippen molar-refractivity contribution in [2.45, 2.75) is 13.8 Å². The number of para-hydroxylation sites is 1. The Morgan fingerprint density at radius 1 is 1.11 bits per heavy atom. The van der Waals surface area contributed by atoms with Crippen LogP contribution in [0.2, 0.25) is 5.02 Å². The smallest absolute Gasteiger partial charge is 0.255 e. The van der Waals surface area contributed by atoms with Crippen molar-refractivity contribution in [3.05, 3.63) is 64.2 Å². The van der Waals surface area contributed by atoms with Crippen molar-refractivity contribution in [2.24, 2.45) is 0 Å². The SMILES string of the molecule is Cc1ccc(C)c(C(=O)Nc2ccccc2Cl)c1. The molecule has 0 aliphatic heterocycles. The zero-order valence-corrected chi connectivity index (χ0v) is 11.1. The fourth-order valence-electron chi connectivity index (χ4n) is 1.73. The quantitative estimate of drug-likeness (QED) is 0.860. The summed E-state index contributed by atoms with van der Waals surface area (Å²) in [6, 6.07) is 13.0. The van der Waals surface area contributed by atoms with Gasteiger partial charge in [-0.3, -0.25) is 4.79 Å². The molecule has 0 aliphatic carbocycles. The van der Waals surface area contributed by atoms with Crippen LogP contribution in [0.4, 0.5) is 5.69 Å². The lowest BCUT2D eigenvalue weighted by Crippen LogP contribution is -2.13. The lowest BCUT2D eigenvalue weighted by atomic mass is 10.1. The van der Waals surface area contributed by atoms with Gasteiger partial charge in [-0.05, 0) is 37.6 Å². The third kappa shape index (κ3) is 2.71. The van der Waals surface area contributed by atoms with E-state index < -0.39 is 0 Å². The molecule has 0 aliphatic rings. The molecule has 2 aromatic carbocycles. The van der Waals surface area contributed by atoms with E-state index in [1.54, 1.807) is 12.1 Å². The molecule has 0 fully saturated rings. The number of rotatable bonds is 2. The molecule has 0 atom stereocenters. The van der Waals surface area contributed by atoms with E-state index >= 15 is 0 Å². The van der Waals surface area contributed by atoms with E-state index in [4.69, 9.17) is 11.6 Å². The number of nitrogens with one attached hydrogen (secondary N) is 1. The summed E-state index contributed by atoms with van der Waals surface area (Å²) in [7, 11) is 0. The Morgan fingerprint density at radius 3 is 2.56 bits per heavy atom. The number of halogens is 1. The zero-order valence-electron chi connectivity index (χ0n) is 10.3. The highest BCUT2D eigenvalue weighted by atomic mass is 35.5. The molecule has 0 saturated carbocycles. The van der Waals surface area contributed by atoms with Gasteiger partial charge in [-0.1, -0.05) is 41.4 Å². The normalized spacial score (nSPS) is 10.2. The first-order valence-electron chi connectivity index (χ1n) is 5.71. The van der Waals surface area contributed by atoms with Gasteiger partial charge in [0.1, 0.15) is 0 Å². The van der Waals surface area contributed by atoms with E-state index in [1.807, 2.05) is 44.2 Å². The highest BCUT2D eigenvalue weighted by Crippen LogP contribution is 2.22. The molecular formula is C15H14ClNO. The van der Waals surface area contributed by atoms with Crippen LogP contribution in [-0.2, 0) is 0 Å². The lowest BCUT2D eigenvalue weighted by Gasteiger charge is -2.09. The van der Waals surface area contributed by atoms with Gasteiger partial charge in [0.15, 0.2) is 0 Å². The Kier molecular flexibility index (Phi) is 3.68. The summed E-state index contributed by atoms with van der Waals surface area (Å²) in [5.74, 6) is -0.135. The molecule has 18 heavy (non-hydrogen) atoms. The van der Waals surface area contributed by atoms with Crippen LogP contribution >= 0.6 is 11.6 Å². The van der Waals surface area contributed by atoms with Crippen LogP contribution in [0.1, 0.15) is 21.5 Å². The summed E-state index contributed by atoms with van der Waals surface area (Å²) in [5, 5.41) is 3.36. The molecule has 1 amide bonds. The summed E-state index contributed by atoms with van der Waals surface area (Å²) in [6.07, 6.45) is 0. The molecule has 0 saturated heterocycles. The first kappa shape index (κ1) is 12.7. The first-order valence-corrected chi connectivity index (χ1v) is 6.09. The molecule has 2 rings (SSSR count). The minimum atomic E-state index is -0.135. The summed E-state index contributed by atoms with van der Waals surface area (Å²) < 4.78 is 0. The van der Waals surface area contributed by atoms with Gasteiger partial charge in [-0.2, -0.15) is 0 Å². The second-order valence-electron chi connectivity index (χ2n) is 4.25. The van der Waals surface area contributed by atoms with Gasteiger partial charge >= 0.3 is 0 Å². The van der Waals surface area contributed by atoms with Crippen molar-refractivity contribution in [1.82, 2.24) is 0 Å². The summed E-state index contributed by atoms with van der Waals surface area (Å²) in [4.78, 5) is 12.2. The Balaban J connectivity index is 2.28. The molecule has 0 unspecified atom stereocenters. The van der Waals surface area contributed by atoms with Crippen LogP contribution in [0.15, 0.2) is 42.5 Å². The molecule has 1 N–H and O–H groups in total. The number of aryl methyl sites for hydroxylation is 2. The van der Waals surface area contributed by atoms with Crippen LogP contribution in [-0.4, -0.2) is 5.91 Å². The number of benzene rings is 2. The molecule has 2 aromatic rings. The largest absolute Gasteiger partial charge is 0.321 e.